The van der Waals surface area contributed by atoms with Crippen LogP contribution in [0.1, 0.15) is 88.2 Å². The minimum absolute atomic E-state index is 0.0463. The molecule has 2 saturated carbocycles. The van der Waals surface area contributed by atoms with E-state index >= 15 is 0 Å². The van der Waals surface area contributed by atoms with Gasteiger partial charge in [-0.05, 0) is 88.8 Å². The standard InChI is InChI=1S/C28H37ClF3N3O4/c1-4-35-23(21(29)22(34-35)24(36)33-16-27(37)9-7-17(2)8-10-27)19-6-5-18(15-20(19)39-25(30)31)28(38)13-11-26(3,32)12-14-28/h5-6,15,17,25,37-38H,4,7-14,16H2,1-3H3,(H,33,36). The average molecular weight is 572 g/mol. The van der Waals surface area contributed by atoms with Crippen LogP contribution in [0.4, 0.5) is 13.2 Å². The van der Waals surface area contributed by atoms with Crippen LogP contribution in [0.15, 0.2) is 18.2 Å². The lowest BCUT2D eigenvalue weighted by molar-refractivity contribution is -0.0527. The van der Waals surface area contributed by atoms with E-state index in [2.05, 4.69) is 17.3 Å². The van der Waals surface area contributed by atoms with E-state index in [1.54, 1.807) is 13.0 Å². The number of amides is 1. The summed E-state index contributed by atoms with van der Waals surface area (Å²) in [6.07, 6.45) is 3.44. The van der Waals surface area contributed by atoms with Gasteiger partial charge in [0.15, 0.2) is 5.69 Å². The third-order valence-electron chi connectivity index (χ3n) is 8.30. The predicted molar refractivity (Wildman–Crippen MR) is 142 cm³/mol. The highest BCUT2D eigenvalue weighted by Crippen LogP contribution is 2.46. The number of hydrogen-bond acceptors (Lipinski definition) is 5. The van der Waals surface area contributed by atoms with Gasteiger partial charge in [0, 0.05) is 18.7 Å². The lowest BCUT2D eigenvalue weighted by Gasteiger charge is -2.38. The first-order chi connectivity index (χ1) is 18.3. The van der Waals surface area contributed by atoms with E-state index < -0.39 is 29.4 Å². The number of aromatic nitrogens is 2. The molecule has 216 valence electrons. The highest BCUT2D eigenvalue weighted by molar-refractivity contribution is 6.36. The number of alkyl halides is 3. The van der Waals surface area contributed by atoms with Crippen molar-refractivity contribution in [2.45, 2.75) is 102 Å². The van der Waals surface area contributed by atoms with Crippen LogP contribution in [0.2, 0.25) is 5.02 Å². The summed E-state index contributed by atoms with van der Waals surface area (Å²) in [4.78, 5) is 13.0. The van der Waals surface area contributed by atoms with Crippen molar-refractivity contribution >= 4 is 17.5 Å². The second-order valence-electron chi connectivity index (χ2n) is 11.5. The summed E-state index contributed by atoms with van der Waals surface area (Å²) >= 11 is 6.63. The monoisotopic (exact) mass is 571 g/mol. The van der Waals surface area contributed by atoms with E-state index in [-0.39, 0.29) is 66.5 Å². The molecule has 0 spiro atoms. The van der Waals surface area contributed by atoms with Gasteiger partial charge in [0.25, 0.3) is 5.91 Å². The van der Waals surface area contributed by atoms with Gasteiger partial charge < -0.3 is 20.3 Å². The van der Waals surface area contributed by atoms with Crippen molar-refractivity contribution in [3.05, 3.63) is 34.5 Å². The first-order valence-corrected chi connectivity index (χ1v) is 13.9. The highest BCUT2D eigenvalue weighted by Gasteiger charge is 2.41. The van der Waals surface area contributed by atoms with E-state index in [1.807, 2.05) is 0 Å². The zero-order chi connectivity index (χ0) is 28.6. The van der Waals surface area contributed by atoms with Crippen molar-refractivity contribution < 1.29 is 32.9 Å². The van der Waals surface area contributed by atoms with Crippen LogP contribution in [0, 0.1) is 5.92 Å². The van der Waals surface area contributed by atoms with Crippen LogP contribution >= 0.6 is 11.6 Å². The number of halogens is 4. The van der Waals surface area contributed by atoms with E-state index in [4.69, 9.17) is 16.3 Å². The quantitative estimate of drug-likeness (QED) is 0.362. The van der Waals surface area contributed by atoms with Gasteiger partial charge in [0.2, 0.25) is 0 Å². The maximum absolute atomic E-state index is 14.4. The molecule has 0 bridgehead atoms. The number of ether oxygens (including phenoxy) is 1. The molecular weight excluding hydrogens is 535 g/mol. The van der Waals surface area contributed by atoms with Crippen molar-refractivity contribution in [1.29, 1.82) is 0 Å². The number of nitrogens with one attached hydrogen (secondary N) is 1. The van der Waals surface area contributed by atoms with Crippen LogP contribution in [0.5, 0.6) is 5.75 Å². The molecule has 39 heavy (non-hydrogen) atoms. The van der Waals surface area contributed by atoms with Crippen molar-refractivity contribution in [2.24, 2.45) is 5.92 Å². The molecule has 2 aliphatic rings. The summed E-state index contributed by atoms with van der Waals surface area (Å²) in [5.41, 5.74) is -3.15. The molecule has 2 aromatic rings. The number of aryl methyl sites for hydroxylation is 1. The number of carbonyl (C=O) groups is 1. The average Bonchev–Trinajstić information content (AvgIpc) is 3.22. The molecule has 1 aromatic carbocycles. The maximum Gasteiger partial charge on any atom is 0.387 e. The third-order valence-corrected chi connectivity index (χ3v) is 8.66. The molecular formula is C28H37ClF3N3O4. The molecule has 1 aromatic heterocycles. The molecule has 0 atom stereocenters. The molecule has 11 heteroatoms. The van der Waals surface area contributed by atoms with Crippen molar-refractivity contribution in [1.82, 2.24) is 15.1 Å². The Morgan fingerprint density at radius 3 is 2.44 bits per heavy atom. The highest BCUT2D eigenvalue weighted by atomic mass is 35.5. The van der Waals surface area contributed by atoms with Gasteiger partial charge in [-0.25, -0.2) is 4.39 Å². The molecule has 1 heterocycles. The maximum atomic E-state index is 14.4. The van der Waals surface area contributed by atoms with Gasteiger partial charge in [0.05, 0.1) is 21.9 Å². The fourth-order valence-corrected chi connectivity index (χ4v) is 5.87. The molecule has 3 N–H and O–H groups in total. The van der Waals surface area contributed by atoms with Crippen LogP contribution in [-0.2, 0) is 12.1 Å². The van der Waals surface area contributed by atoms with Gasteiger partial charge in [-0.2, -0.15) is 13.9 Å². The lowest BCUT2D eigenvalue weighted by Crippen LogP contribution is -2.45. The molecule has 0 unspecified atom stereocenters. The summed E-state index contributed by atoms with van der Waals surface area (Å²) in [5, 5.41) is 29.0. The fourth-order valence-electron chi connectivity index (χ4n) is 5.55. The number of aliphatic hydroxyl groups is 2. The molecule has 0 aliphatic heterocycles. The molecule has 2 aliphatic carbocycles. The normalized spacial score (nSPS) is 29.4. The van der Waals surface area contributed by atoms with Crippen molar-refractivity contribution in [3.8, 4) is 17.0 Å². The number of nitrogens with zero attached hydrogens (tertiary/aromatic N) is 2. The lowest BCUT2D eigenvalue weighted by atomic mass is 9.74. The molecule has 0 radical (unpaired) electrons. The topological polar surface area (TPSA) is 96.6 Å². The van der Waals surface area contributed by atoms with E-state index in [9.17, 15) is 28.2 Å². The van der Waals surface area contributed by atoms with Crippen molar-refractivity contribution in [3.63, 3.8) is 0 Å². The number of rotatable bonds is 8. The van der Waals surface area contributed by atoms with Crippen LogP contribution < -0.4 is 10.1 Å². The predicted octanol–water partition coefficient (Wildman–Crippen LogP) is 5.99. The summed E-state index contributed by atoms with van der Waals surface area (Å²) in [5.74, 6) is -0.296. The van der Waals surface area contributed by atoms with Crippen LogP contribution in [0.25, 0.3) is 11.3 Å². The van der Waals surface area contributed by atoms with Gasteiger partial charge >= 0.3 is 6.61 Å². The SMILES string of the molecule is CCn1nc(C(=O)NCC2(O)CCC(C)CC2)c(Cl)c1-c1ccc(C2(O)CCC(C)(F)CC2)cc1OC(F)F. The summed E-state index contributed by atoms with van der Waals surface area (Å²) < 4.78 is 47.5. The second kappa shape index (κ2) is 11.3. The number of carbonyl (C=O) groups excluding carboxylic acids is 1. The Morgan fingerprint density at radius 2 is 1.85 bits per heavy atom. The second-order valence-corrected chi connectivity index (χ2v) is 11.8. The Bertz CT molecular complexity index is 1180. The Morgan fingerprint density at radius 1 is 1.21 bits per heavy atom. The molecule has 0 saturated heterocycles. The minimum Gasteiger partial charge on any atom is -0.434 e. The first-order valence-electron chi connectivity index (χ1n) is 13.5. The fraction of sp³-hybridized carbons (Fsp3) is 0.643. The summed E-state index contributed by atoms with van der Waals surface area (Å²) in [6.45, 7) is 2.55. The number of hydrogen-bond donors (Lipinski definition) is 3. The van der Waals surface area contributed by atoms with E-state index in [1.165, 1.54) is 23.7 Å². The van der Waals surface area contributed by atoms with E-state index in [0.717, 1.165) is 12.8 Å². The Kier molecular flexibility index (Phi) is 8.59. The van der Waals surface area contributed by atoms with Gasteiger partial charge in [0.1, 0.15) is 11.4 Å². The molecule has 1 amide bonds. The first kappa shape index (κ1) is 29.7. The largest absolute Gasteiger partial charge is 0.434 e. The zero-order valence-corrected chi connectivity index (χ0v) is 23.3. The summed E-state index contributed by atoms with van der Waals surface area (Å²) in [7, 11) is 0. The Hall–Kier alpha value is -2.30. The van der Waals surface area contributed by atoms with Gasteiger partial charge in [-0.1, -0.05) is 24.6 Å². The molecule has 4 rings (SSSR count). The number of benzene rings is 1. The van der Waals surface area contributed by atoms with Gasteiger partial charge in [-0.3, -0.25) is 9.48 Å². The Labute approximate surface area is 231 Å². The van der Waals surface area contributed by atoms with Crippen LogP contribution in [-0.4, -0.2) is 50.3 Å². The summed E-state index contributed by atoms with van der Waals surface area (Å²) in [6, 6.07) is 4.40. The minimum atomic E-state index is -3.16. The smallest absolute Gasteiger partial charge is 0.387 e. The Balaban J connectivity index is 1.64. The molecule has 2 fully saturated rings. The molecule has 7 nitrogen and oxygen atoms in total. The zero-order valence-electron chi connectivity index (χ0n) is 22.6. The third kappa shape index (κ3) is 6.55. The van der Waals surface area contributed by atoms with Crippen molar-refractivity contribution in [2.75, 3.05) is 6.54 Å². The van der Waals surface area contributed by atoms with Crippen LogP contribution in [0.3, 0.4) is 0 Å². The van der Waals surface area contributed by atoms with Gasteiger partial charge in [-0.15, -0.1) is 0 Å². The van der Waals surface area contributed by atoms with E-state index in [0.29, 0.717) is 24.3 Å².